The van der Waals surface area contributed by atoms with E-state index in [1.54, 1.807) is 34.6 Å². The molecule has 4 fully saturated rings. The fourth-order valence-electron chi connectivity index (χ4n) is 10.7. The van der Waals surface area contributed by atoms with Crippen molar-refractivity contribution in [2.45, 2.75) is 199 Å². The Morgan fingerprint density at radius 3 is 2.17 bits per heavy atom. The summed E-state index contributed by atoms with van der Waals surface area (Å²) in [6.45, 7) is 19.4. The zero-order valence-corrected chi connectivity index (χ0v) is 40.8. The zero-order valence-electron chi connectivity index (χ0n) is 40.8. The number of esters is 2. The van der Waals surface area contributed by atoms with E-state index in [1.165, 1.54) is 14.0 Å². The molecule has 4 aliphatic rings. The first kappa shape index (κ1) is 52.4. The monoisotopic (exact) mass is 922 g/mol. The molecule has 0 aromatic heterocycles. The first-order chi connectivity index (χ1) is 30.4. The van der Waals surface area contributed by atoms with Crippen molar-refractivity contribution in [3.63, 3.8) is 0 Å². The van der Waals surface area contributed by atoms with Gasteiger partial charge in [-0.1, -0.05) is 58.0 Å². The fraction of sp³-hybridized carbons (Fsp3) is 0.792. The molecule has 0 bridgehead atoms. The molecule has 0 radical (unpaired) electrons. The maximum Gasteiger partial charge on any atom is 0.509 e. The Labute approximate surface area is 384 Å². The third-order valence-corrected chi connectivity index (χ3v) is 13.9. The van der Waals surface area contributed by atoms with Crippen LogP contribution in [-0.4, -0.2) is 140 Å². The van der Waals surface area contributed by atoms with Gasteiger partial charge < -0.3 is 62.1 Å². The van der Waals surface area contributed by atoms with E-state index in [1.807, 2.05) is 83.9 Å². The van der Waals surface area contributed by atoms with Gasteiger partial charge >= 0.3 is 24.2 Å². The normalized spacial score (nSPS) is 41.8. The number of benzene rings is 1. The number of carbonyl (C=O) groups excluding carboxylic acids is 4. The van der Waals surface area contributed by atoms with Crippen LogP contribution >= 0.6 is 0 Å². The quantitative estimate of drug-likeness (QED) is 0.181. The van der Waals surface area contributed by atoms with Crippen LogP contribution in [0.1, 0.15) is 114 Å². The molecule has 4 aliphatic heterocycles. The number of fused-ring (bicyclic) bond motifs is 1. The van der Waals surface area contributed by atoms with Crippen LogP contribution < -0.4 is 0 Å². The van der Waals surface area contributed by atoms with Gasteiger partial charge in [0.05, 0.1) is 42.0 Å². The van der Waals surface area contributed by atoms with Gasteiger partial charge in [-0.3, -0.25) is 9.59 Å². The number of hydrogen-bond acceptors (Lipinski definition) is 17. The molecule has 368 valence electrons. The van der Waals surface area contributed by atoms with Gasteiger partial charge in [0.15, 0.2) is 36.5 Å². The Bertz CT molecular complexity index is 1760. The minimum absolute atomic E-state index is 0.00578. The molecule has 1 N–H and O–H groups in total. The van der Waals surface area contributed by atoms with Gasteiger partial charge in [-0.25, -0.2) is 9.59 Å². The van der Waals surface area contributed by atoms with Gasteiger partial charge in [0.25, 0.3) is 0 Å². The highest BCUT2D eigenvalue weighted by atomic mass is 16.8. The molecule has 0 spiro atoms. The van der Waals surface area contributed by atoms with E-state index >= 15 is 0 Å². The van der Waals surface area contributed by atoms with E-state index in [0.29, 0.717) is 19.3 Å². The van der Waals surface area contributed by atoms with E-state index in [-0.39, 0.29) is 43.4 Å². The number of likely N-dealkylation sites (N-methyl/N-ethyl adjacent to an activating group) is 1. The van der Waals surface area contributed by atoms with Crippen molar-refractivity contribution in [2.24, 2.45) is 23.7 Å². The lowest BCUT2D eigenvalue weighted by Gasteiger charge is -2.49. The van der Waals surface area contributed by atoms with Crippen molar-refractivity contribution in [1.29, 1.82) is 0 Å². The summed E-state index contributed by atoms with van der Waals surface area (Å²) < 4.78 is 68.0. The van der Waals surface area contributed by atoms with Crippen molar-refractivity contribution >= 4 is 24.2 Å². The Kier molecular flexibility index (Phi) is 17.4. The summed E-state index contributed by atoms with van der Waals surface area (Å²) in [5.41, 5.74) is -3.32. The highest BCUT2D eigenvalue weighted by molar-refractivity contribution is 5.73. The predicted octanol–water partition coefficient (Wildman–Crippen LogP) is 6.72. The molecule has 0 amide bonds. The van der Waals surface area contributed by atoms with Crippen LogP contribution in [0.4, 0.5) is 9.59 Å². The average molecular weight is 922 g/mol. The molecule has 0 unspecified atom stereocenters. The number of methoxy groups -OCH3 is 1. The van der Waals surface area contributed by atoms with Crippen molar-refractivity contribution in [3.05, 3.63) is 35.9 Å². The molecule has 0 saturated carbocycles. The number of rotatable bonds is 11. The Balaban J connectivity index is 1.54. The number of nitrogens with zero attached hydrogens (tertiary/aromatic N) is 1. The standard InChI is InChI=1S/C48H75NO16/c1-15-35-48(11)39(63-45(53)65-48)27(3)21-26(2)23-46(9,54)40(62-43-38(59-32(8)50)34(49(12)13)22-28(4)57-43)29(5)37(30(6)42(51)60-35)61-36-24-47(10,55-14)41(31(7)58-36)64-44(52)56-25-33-19-17-16-18-20-33/h16-20,26-31,34-41,43,54H,15,21-25H2,1-14H3/t26-,27-,28+,29-,30+,31+,34-,35+,36-,37-,38+,39+,40+,41+,43-,46-,47-,48+/m0/s1. The first-order valence-electron chi connectivity index (χ1n) is 23.1. The van der Waals surface area contributed by atoms with Crippen LogP contribution in [0.15, 0.2) is 30.3 Å². The fourth-order valence-corrected chi connectivity index (χ4v) is 10.7. The molecule has 17 nitrogen and oxygen atoms in total. The van der Waals surface area contributed by atoms with Gasteiger partial charge in [-0.15, -0.1) is 0 Å². The molecule has 18 atom stereocenters. The number of hydrogen-bond donors (Lipinski definition) is 1. The van der Waals surface area contributed by atoms with Crippen LogP contribution in [-0.2, 0) is 68.3 Å². The molecule has 1 aromatic carbocycles. The zero-order chi connectivity index (χ0) is 48.2. The average Bonchev–Trinajstić information content (AvgIpc) is 3.55. The molecule has 65 heavy (non-hydrogen) atoms. The van der Waals surface area contributed by atoms with Crippen molar-refractivity contribution in [3.8, 4) is 0 Å². The summed E-state index contributed by atoms with van der Waals surface area (Å²) in [6, 6.07) is 8.92. The van der Waals surface area contributed by atoms with Crippen molar-refractivity contribution in [1.82, 2.24) is 4.90 Å². The smallest absolute Gasteiger partial charge is 0.458 e. The Hall–Kier alpha value is -3.58. The van der Waals surface area contributed by atoms with Gasteiger partial charge in [0.2, 0.25) is 0 Å². The second kappa shape index (κ2) is 21.6. The molecular weight excluding hydrogens is 847 g/mol. The maximum absolute atomic E-state index is 14.7. The lowest BCUT2D eigenvalue weighted by molar-refractivity contribution is -0.319. The summed E-state index contributed by atoms with van der Waals surface area (Å²) in [5, 5.41) is 12.9. The molecule has 17 heteroatoms. The SMILES string of the molecule is CC[C@H]1OC(=O)[C@H](C)[C@@H](O[C@H]2C[C@](C)(OC)[C@H](OC(=O)OCc3ccccc3)[C@@H](C)O2)[C@H](C)[C@@H](O[C@@H]2O[C@H](C)C[C@H](N(C)C)[C@H]2OC(C)=O)[C@@](C)(O)C[C@@H](C)C[C@H](C)[C@H]2OC(=O)O[C@@]21C. The van der Waals surface area contributed by atoms with E-state index < -0.39 is 108 Å². The molecule has 4 saturated heterocycles. The number of cyclic esters (lactones) is 1. The lowest BCUT2D eigenvalue weighted by Crippen LogP contribution is -2.61. The maximum atomic E-state index is 14.7. The summed E-state index contributed by atoms with van der Waals surface area (Å²) in [6.07, 6.45) is -9.14. The van der Waals surface area contributed by atoms with Crippen molar-refractivity contribution in [2.75, 3.05) is 21.2 Å². The third kappa shape index (κ3) is 12.3. The van der Waals surface area contributed by atoms with Crippen LogP contribution in [0.25, 0.3) is 0 Å². The highest BCUT2D eigenvalue weighted by Gasteiger charge is 2.58. The second-order valence-electron chi connectivity index (χ2n) is 19.8. The highest BCUT2D eigenvalue weighted by Crippen LogP contribution is 2.44. The summed E-state index contributed by atoms with van der Waals surface area (Å²) in [4.78, 5) is 55.1. The van der Waals surface area contributed by atoms with Gasteiger partial charge in [-0.2, -0.15) is 0 Å². The Morgan fingerprint density at radius 2 is 1.55 bits per heavy atom. The summed E-state index contributed by atoms with van der Waals surface area (Å²) in [5.74, 6) is -3.50. The van der Waals surface area contributed by atoms with E-state index in [9.17, 15) is 24.3 Å². The molecule has 0 aliphatic carbocycles. The summed E-state index contributed by atoms with van der Waals surface area (Å²) >= 11 is 0. The molecular formula is C48H75NO16. The second-order valence-corrected chi connectivity index (χ2v) is 19.8. The van der Waals surface area contributed by atoms with Gasteiger partial charge in [0, 0.05) is 26.4 Å². The van der Waals surface area contributed by atoms with Crippen LogP contribution in [0, 0.1) is 23.7 Å². The minimum Gasteiger partial charge on any atom is -0.458 e. The van der Waals surface area contributed by atoms with Crippen LogP contribution in [0.3, 0.4) is 0 Å². The van der Waals surface area contributed by atoms with Gasteiger partial charge in [0.1, 0.15) is 18.3 Å². The lowest BCUT2D eigenvalue weighted by atomic mass is 9.74. The Morgan fingerprint density at radius 1 is 0.877 bits per heavy atom. The van der Waals surface area contributed by atoms with E-state index in [2.05, 4.69) is 0 Å². The van der Waals surface area contributed by atoms with E-state index in [4.69, 9.17) is 52.1 Å². The third-order valence-electron chi connectivity index (χ3n) is 13.9. The first-order valence-corrected chi connectivity index (χ1v) is 23.1. The van der Waals surface area contributed by atoms with Gasteiger partial charge in [-0.05, 0) is 98.7 Å². The van der Waals surface area contributed by atoms with E-state index in [0.717, 1.165) is 5.56 Å². The van der Waals surface area contributed by atoms with Crippen LogP contribution in [0.2, 0.25) is 0 Å². The topological polar surface area (TPSA) is 193 Å². The predicted molar refractivity (Wildman–Crippen MR) is 234 cm³/mol. The number of aliphatic hydroxyl groups is 1. The largest absolute Gasteiger partial charge is 0.509 e. The molecule has 5 rings (SSSR count). The molecule has 1 aromatic rings. The minimum atomic E-state index is -1.63. The number of ether oxygens (including phenoxy) is 11. The van der Waals surface area contributed by atoms with Crippen molar-refractivity contribution < 1.29 is 76.4 Å². The number of carbonyl (C=O) groups is 4. The van der Waals surface area contributed by atoms with Crippen LogP contribution in [0.5, 0.6) is 0 Å². The molecule has 4 heterocycles. The summed E-state index contributed by atoms with van der Waals surface area (Å²) in [7, 11) is 5.28.